The van der Waals surface area contributed by atoms with Gasteiger partial charge < -0.3 is 10.6 Å². The van der Waals surface area contributed by atoms with Crippen molar-refractivity contribution in [2.75, 3.05) is 21.6 Å². The van der Waals surface area contributed by atoms with Crippen LogP contribution in [0.3, 0.4) is 0 Å². The summed E-state index contributed by atoms with van der Waals surface area (Å²) in [6, 6.07) is 15.1. The van der Waals surface area contributed by atoms with Gasteiger partial charge in [0.15, 0.2) is 0 Å². The summed E-state index contributed by atoms with van der Waals surface area (Å²) < 4.78 is 24.8. The van der Waals surface area contributed by atoms with Crippen LogP contribution in [0, 0.1) is 0 Å². The maximum atomic E-state index is 12.1. The number of hydrogen-bond donors (Lipinski definition) is 3. The van der Waals surface area contributed by atoms with E-state index in [1.807, 2.05) is 24.3 Å². The smallest absolute Gasteiger partial charge is 0.248 e. The van der Waals surface area contributed by atoms with E-state index in [1.54, 1.807) is 30.3 Å². The second-order valence-electron chi connectivity index (χ2n) is 7.38. The summed E-state index contributed by atoms with van der Waals surface area (Å²) >= 11 is 0. The van der Waals surface area contributed by atoms with Crippen LogP contribution < -0.4 is 15.4 Å². The Bertz CT molecular complexity index is 946. The van der Waals surface area contributed by atoms with E-state index in [0.29, 0.717) is 11.7 Å². The molecule has 0 aromatic heterocycles. The largest absolute Gasteiger partial charge is 0.382 e. The number of anilines is 3. The van der Waals surface area contributed by atoms with E-state index in [1.165, 1.54) is 38.2 Å². The molecule has 1 aliphatic rings. The number of hydrogen-bond acceptors (Lipinski definition) is 4. The Kier molecular flexibility index (Phi) is 6.93. The summed E-state index contributed by atoms with van der Waals surface area (Å²) in [6.45, 7) is 0. The van der Waals surface area contributed by atoms with Crippen LogP contribution in [0.2, 0.25) is 0 Å². The van der Waals surface area contributed by atoms with Gasteiger partial charge >= 0.3 is 0 Å². The molecule has 2 aromatic carbocycles. The molecule has 2 aromatic rings. The zero-order valence-electron chi connectivity index (χ0n) is 16.5. The molecule has 0 saturated heterocycles. The summed E-state index contributed by atoms with van der Waals surface area (Å²) in [4.78, 5) is 12.1. The van der Waals surface area contributed by atoms with Crippen molar-refractivity contribution in [3.63, 3.8) is 0 Å². The van der Waals surface area contributed by atoms with Crippen LogP contribution in [0.15, 0.2) is 54.6 Å². The predicted octanol–water partition coefficient (Wildman–Crippen LogP) is 4.45. The molecule has 29 heavy (non-hydrogen) atoms. The molecular formula is C22H27N3O3S. The van der Waals surface area contributed by atoms with Crippen molar-refractivity contribution in [1.29, 1.82) is 0 Å². The van der Waals surface area contributed by atoms with Crippen molar-refractivity contribution < 1.29 is 13.2 Å². The molecule has 0 unspecified atom stereocenters. The molecule has 0 heterocycles. The Balaban J connectivity index is 1.50. The maximum Gasteiger partial charge on any atom is 0.248 e. The van der Waals surface area contributed by atoms with Crippen molar-refractivity contribution in [1.82, 2.24) is 0 Å². The molecule has 1 amide bonds. The van der Waals surface area contributed by atoms with Crippen LogP contribution in [-0.4, -0.2) is 26.6 Å². The number of carbonyl (C=O) groups is 1. The molecule has 1 fully saturated rings. The van der Waals surface area contributed by atoms with Gasteiger partial charge in [0.2, 0.25) is 15.9 Å². The highest BCUT2D eigenvalue weighted by atomic mass is 32.2. The van der Waals surface area contributed by atoms with Gasteiger partial charge in [-0.15, -0.1) is 0 Å². The van der Waals surface area contributed by atoms with Gasteiger partial charge in [-0.05, 0) is 60.9 Å². The second-order valence-corrected chi connectivity index (χ2v) is 9.12. The summed E-state index contributed by atoms with van der Waals surface area (Å²) in [5.74, 6) is -0.226. The van der Waals surface area contributed by atoms with Gasteiger partial charge in [0.05, 0.1) is 6.26 Å². The predicted molar refractivity (Wildman–Crippen MR) is 120 cm³/mol. The fourth-order valence-electron chi connectivity index (χ4n) is 3.36. The van der Waals surface area contributed by atoms with Crippen LogP contribution >= 0.6 is 0 Å². The number of benzene rings is 2. The summed E-state index contributed by atoms with van der Waals surface area (Å²) in [5.41, 5.74) is 3.09. The third kappa shape index (κ3) is 7.27. The standard InChI is InChI=1S/C22H27N3O3S/c1-29(27,28)25-21-10-7-17(8-11-21)9-16-22(26)24-20-14-12-19(13-15-20)23-18-5-3-2-4-6-18/h7-16,18,23,25H,2-6H2,1H3,(H,24,26)/b16-9+. The molecule has 0 bridgehead atoms. The molecule has 3 N–H and O–H groups in total. The van der Waals surface area contributed by atoms with Crippen LogP contribution in [0.25, 0.3) is 6.08 Å². The van der Waals surface area contributed by atoms with Gasteiger partial charge in [0.1, 0.15) is 0 Å². The minimum atomic E-state index is -3.30. The third-order valence-electron chi connectivity index (χ3n) is 4.77. The van der Waals surface area contributed by atoms with Crippen molar-refractivity contribution in [3.8, 4) is 0 Å². The Hall–Kier alpha value is -2.80. The van der Waals surface area contributed by atoms with Crippen molar-refractivity contribution in [3.05, 3.63) is 60.2 Å². The normalized spacial score (nSPS) is 15.2. The van der Waals surface area contributed by atoms with E-state index in [9.17, 15) is 13.2 Å². The highest BCUT2D eigenvalue weighted by Crippen LogP contribution is 2.22. The van der Waals surface area contributed by atoms with Gasteiger partial charge in [0.25, 0.3) is 0 Å². The molecular weight excluding hydrogens is 386 g/mol. The Morgan fingerprint density at radius 3 is 2.10 bits per heavy atom. The lowest BCUT2D eigenvalue weighted by atomic mass is 9.95. The average Bonchev–Trinajstić information content (AvgIpc) is 2.69. The van der Waals surface area contributed by atoms with E-state index >= 15 is 0 Å². The fraction of sp³-hybridized carbons (Fsp3) is 0.318. The lowest BCUT2D eigenvalue weighted by molar-refractivity contribution is -0.111. The summed E-state index contributed by atoms with van der Waals surface area (Å²) in [7, 11) is -3.30. The fourth-order valence-corrected chi connectivity index (χ4v) is 3.93. The Morgan fingerprint density at radius 1 is 0.897 bits per heavy atom. The van der Waals surface area contributed by atoms with E-state index in [0.717, 1.165) is 23.2 Å². The summed E-state index contributed by atoms with van der Waals surface area (Å²) in [5, 5.41) is 6.40. The molecule has 6 nitrogen and oxygen atoms in total. The van der Waals surface area contributed by atoms with E-state index in [2.05, 4.69) is 15.4 Å². The highest BCUT2D eigenvalue weighted by molar-refractivity contribution is 7.92. The lowest BCUT2D eigenvalue weighted by Crippen LogP contribution is -2.22. The number of amides is 1. The Labute approximate surface area is 172 Å². The maximum absolute atomic E-state index is 12.1. The minimum Gasteiger partial charge on any atom is -0.382 e. The molecule has 0 aliphatic heterocycles. The Morgan fingerprint density at radius 2 is 1.48 bits per heavy atom. The first kappa shape index (κ1) is 20.9. The van der Waals surface area contributed by atoms with E-state index < -0.39 is 10.0 Å². The first-order chi connectivity index (χ1) is 13.9. The van der Waals surface area contributed by atoms with Crippen LogP contribution in [-0.2, 0) is 14.8 Å². The molecule has 7 heteroatoms. The van der Waals surface area contributed by atoms with Gasteiger partial charge in [-0.1, -0.05) is 31.4 Å². The minimum absolute atomic E-state index is 0.226. The van der Waals surface area contributed by atoms with Crippen LogP contribution in [0.4, 0.5) is 17.1 Å². The molecule has 0 spiro atoms. The third-order valence-corrected chi connectivity index (χ3v) is 5.38. The van der Waals surface area contributed by atoms with Crippen LogP contribution in [0.1, 0.15) is 37.7 Å². The van der Waals surface area contributed by atoms with Gasteiger partial charge in [-0.25, -0.2) is 8.42 Å². The molecule has 1 saturated carbocycles. The molecule has 1 aliphatic carbocycles. The average molecular weight is 414 g/mol. The van der Waals surface area contributed by atoms with Crippen molar-refractivity contribution >= 4 is 39.1 Å². The molecule has 3 rings (SSSR count). The monoisotopic (exact) mass is 413 g/mol. The SMILES string of the molecule is CS(=O)(=O)Nc1ccc(/C=C/C(=O)Nc2ccc(NC3CCCCC3)cc2)cc1. The number of carbonyl (C=O) groups excluding carboxylic acids is 1. The van der Waals surface area contributed by atoms with E-state index in [-0.39, 0.29) is 5.91 Å². The zero-order valence-corrected chi connectivity index (χ0v) is 17.3. The highest BCUT2D eigenvalue weighted by Gasteiger charge is 2.12. The zero-order chi connectivity index (χ0) is 20.7. The topological polar surface area (TPSA) is 87.3 Å². The number of sulfonamides is 1. The lowest BCUT2D eigenvalue weighted by Gasteiger charge is -2.23. The number of rotatable bonds is 7. The van der Waals surface area contributed by atoms with Gasteiger partial charge in [-0.3, -0.25) is 9.52 Å². The quantitative estimate of drug-likeness (QED) is 0.585. The first-order valence-corrected chi connectivity index (χ1v) is 11.7. The van der Waals surface area contributed by atoms with Crippen molar-refractivity contribution in [2.24, 2.45) is 0 Å². The van der Waals surface area contributed by atoms with Crippen molar-refractivity contribution in [2.45, 2.75) is 38.1 Å². The van der Waals surface area contributed by atoms with Gasteiger partial charge in [-0.2, -0.15) is 0 Å². The molecule has 0 atom stereocenters. The first-order valence-electron chi connectivity index (χ1n) is 9.81. The molecule has 154 valence electrons. The van der Waals surface area contributed by atoms with Crippen LogP contribution in [0.5, 0.6) is 0 Å². The summed E-state index contributed by atoms with van der Waals surface area (Å²) in [6.07, 6.45) is 10.6. The van der Waals surface area contributed by atoms with Gasteiger partial charge in [0, 0.05) is 29.2 Å². The second kappa shape index (κ2) is 9.60. The number of nitrogens with one attached hydrogen (secondary N) is 3. The molecule has 0 radical (unpaired) electrons. The van der Waals surface area contributed by atoms with E-state index in [4.69, 9.17) is 0 Å².